The van der Waals surface area contributed by atoms with Gasteiger partial charge in [-0.2, -0.15) is 0 Å². The maximum Gasteiger partial charge on any atom is 0.196 e. The third-order valence-electron chi connectivity index (χ3n) is 3.88. The Kier molecular flexibility index (Phi) is 7.27. The number of methoxy groups -OCH3 is 1. The first-order valence-corrected chi connectivity index (χ1v) is 9.88. The van der Waals surface area contributed by atoms with E-state index >= 15 is 0 Å². The molecule has 0 radical (unpaired) electrons. The zero-order valence-corrected chi connectivity index (χ0v) is 16.6. The summed E-state index contributed by atoms with van der Waals surface area (Å²) in [6, 6.07) is 13.8. The minimum Gasteiger partial charge on any atom is -0.497 e. The summed E-state index contributed by atoms with van der Waals surface area (Å²) < 4.78 is 32.5. The molecule has 0 fully saturated rings. The van der Waals surface area contributed by atoms with Crippen LogP contribution in [-0.4, -0.2) is 40.8 Å². The predicted molar refractivity (Wildman–Crippen MR) is 106 cm³/mol. The molecule has 0 aliphatic rings. The normalized spacial score (nSPS) is 10.8. The summed E-state index contributed by atoms with van der Waals surface area (Å²) in [5, 5.41) is 9.04. The highest BCUT2D eigenvalue weighted by Gasteiger charge is 2.17. The Balaban J connectivity index is 1.81. The fraction of sp³-hybridized carbons (Fsp3) is 0.300. The molecule has 1 heterocycles. The van der Waals surface area contributed by atoms with Gasteiger partial charge in [0.15, 0.2) is 11.0 Å². The van der Waals surface area contributed by atoms with Crippen LogP contribution in [0.3, 0.4) is 0 Å². The van der Waals surface area contributed by atoms with Gasteiger partial charge >= 0.3 is 0 Å². The summed E-state index contributed by atoms with van der Waals surface area (Å²) in [5.41, 5.74) is 0.389. The van der Waals surface area contributed by atoms with Crippen molar-refractivity contribution in [3.05, 3.63) is 60.2 Å². The molecule has 6 nitrogen and oxygen atoms in total. The van der Waals surface area contributed by atoms with Gasteiger partial charge in [0.2, 0.25) is 0 Å². The highest BCUT2D eigenvalue weighted by Crippen LogP contribution is 2.25. The summed E-state index contributed by atoms with van der Waals surface area (Å²) in [4.78, 5) is 0. The Morgan fingerprint density at radius 1 is 1.04 bits per heavy atom. The zero-order valence-electron chi connectivity index (χ0n) is 15.8. The molecule has 28 heavy (non-hydrogen) atoms. The van der Waals surface area contributed by atoms with E-state index in [9.17, 15) is 4.39 Å². The molecule has 3 aromatic rings. The van der Waals surface area contributed by atoms with Crippen LogP contribution in [-0.2, 0) is 11.3 Å². The lowest BCUT2D eigenvalue weighted by molar-refractivity contribution is 0.164. The predicted octanol–water partition coefficient (Wildman–Crippen LogP) is 4.12. The van der Waals surface area contributed by atoms with Crippen LogP contribution in [0.25, 0.3) is 5.69 Å². The number of thioether (sulfide) groups is 1. The Morgan fingerprint density at radius 3 is 2.50 bits per heavy atom. The maximum atomic E-state index is 14.4. The summed E-state index contributed by atoms with van der Waals surface area (Å²) in [7, 11) is 1.61. The summed E-state index contributed by atoms with van der Waals surface area (Å²) >= 11 is 1.46. The second kappa shape index (κ2) is 10.1. The van der Waals surface area contributed by atoms with E-state index < -0.39 is 0 Å². The topological polar surface area (TPSA) is 58.4 Å². The van der Waals surface area contributed by atoms with Crippen LogP contribution in [0.1, 0.15) is 12.7 Å². The number of para-hydroxylation sites is 1. The molecule has 0 N–H and O–H groups in total. The van der Waals surface area contributed by atoms with Crippen LogP contribution >= 0.6 is 11.8 Å². The fourth-order valence-corrected chi connectivity index (χ4v) is 3.33. The lowest BCUT2D eigenvalue weighted by atomic mass is 10.3. The Hall–Kier alpha value is -2.58. The molecule has 0 spiro atoms. The Bertz CT molecular complexity index is 887. The molecule has 148 valence electrons. The van der Waals surface area contributed by atoms with Crippen molar-refractivity contribution in [3.8, 4) is 17.2 Å². The van der Waals surface area contributed by atoms with Crippen LogP contribution in [0.4, 0.5) is 4.39 Å². The van der Waals surface area contributed by atoms with Crippen LogP contribution in [0, 0.1) is 5.82 Å². The van der Waals surface area contributed by atoms with E-state index in [1.165, 1.54) is 17.8 Å². The van der Waals surface area contributed by atoms with Crippen molar-refractivity contribution >= 4 is 11.8 Å². The Morgan fingerprint density at radius 2 is 1.79 bits per heavy atom. The maximum absolute atomic E-state index is 14.4. The molecular weight excluding hydrogens is 381 g/mol. The van der Waals surface area contributed by atoms with E-state index in [0.29, 0.717) is 41.4 Å². The molecule has 0 bridgehead atoms. The third-order valence-corrected chi connectivity index (χ3v) is 4.78. The van der Waals surface area contributed by atoms with Crippen molar-refractivity contribution in [2.24, 2.45) is 0 Å². The van der Waals surface area contributed by atoms with Gasteiger partial charge in [-0.05, 0) is 43.3 Å². The average Bonchev–Trinajstić information content (AvgIpc) is 3.13. The molecule has 8 heteroatoms. The van der Waals surface area contributed by atoms with Gasteiger partial charge in [-0.15, -0.1) is 10.2 Å². The van der Waals surface area contributed by atoms with Crippen LogP contribution < -0.4 is 9.47 Å². The van der Waals surface area contributed by atoms with Gasteiger partial charge in [-0.1, -0.05) is 23.9 Å². The van der Waals surface area contributed by atoms with E-state index in [2.05, 4.69) is 10.2 Å². The second-order valence-corrected chi connectivity index (χ2v) is 6.76. The van der Waals surface area contributed by atoms with E-state index in [1.54, 1.807) is 42.0 Å². The summed E-state index contributed by atoms with van der Waals surface area (Å²) in [6.45, 7) is 3.34. The lowest BCUT2D eigenvalue weighted by Crippen LogP contribution is -2.08. The average molecular weight is 403 g/mol. The van der Waals surface area contributed by atoms with Crippen LogP contribution in [0.15, 0.2) is 53.7 Å². The molecule has 3 rings (SSSR count). The fourth-order valence-electron chi connectivity index (χ4n) is 2.52. The van der Waals surface area contributed by atoms with Gasteiger partial charge < -0.3 is 14.2 Å². The number of nitrogens with zero attached hydrogens (tertiary/aromatic N) is 3. The van der Waals surface area contributed by atoms with E-state index in [0.717, 1.165) is 5.75 Å². The molecule has 2 aromatic carbocycles. The Labute approximate surface area is 167 Å². The monoisotopic (exact) mass is 403 g/mol. The van der Waals surface area contributed by atoms with E-state index in [4.69, 9.17) is 14.2 Å². The molecule has 0 amide bonds. The van der Waals surface area contributed by atoms with Crippen molar-refractivity contribution in [1.29, 1.82) is 0 Å². The van der Waals surface area contributed by atoms with Crippen molar-refractivity contribution in [2.75, 3.05) is 26.1 Å². The molecule has 0 atom stereocenters. The van der Waals surface area contributed by atoms with Crippen molar-refractivity contribution < 1.29 is 18.6 Å². The summed E-state index contributed by atoms with van der Waals surface area (Å²) in [6.07, 6.45) is 0. The number of hydrogen-bond acceptors (Lipinski definition) is 6. The van der Waals surface area contributed by atoms with E-state index in [-0.39, 0.29) is 12.4 Å². The summed E-state index contributed by atoms with van der Waals surface area (Å²) in [5.74, 6) is 2.27. The highest BCUT2D eigenvalue weighted by atomic mass is 32.2. The lowest BCUT2D eigenvalue weighted by Gasteiger charge is -2.12. The van der Waals surface area contributed by atoms with Gasteiger partial charge in [0.1, 0.15) is 23.9 Å². The SMILES string of the molecule is CCOCCSc1nnc(COc2ccc(OC)cc2)n1-c1ccccc1F. The van der Waals surface area contributed by atoms with Crippen LogP contribution in [0.2, 0.25) is 0 Å². The van der Waals surface area contributed by atoms with Gasteiger partial charge in [0, 0.05) is 12.4 Å². The molecule has 0 aliphatic heterocycles. The molecule has 1 aromatic heterocycles. The number of aromatic nitrogens is 3. The molecule has 0 saturated heterocycles. The first-order valence-electron chi connectivity index (χ1n) is 8.89. The number of ether oxygens (including phenoxy) is 3. The smallest absolute Gasteiger partial charge is 0.196 e. The van der Waals surface area contributed by atoms with Crippen molar-refractivity contribution in [3.63, 3.8) is 0 Å². The number of rotatable bonds is 10. The zero-order chi connectivity index (χ0) is 19.8. The second-order valence-electron chi connectivity index (χ2n) is 5.70. The quantitative estimate of drug-likeness (QED) is 0.375. The number of hydrogen-bond donors (Lipinski definition) is 0. The van der Waals surface area contributed by atoms with E-state index in [1.807, 2.05) is 19.1 Å². The molecule has 0 saturated carbocycles. The van der Waals surface area contributed by atoms with Crippen LogP contribution in [0.5, 0.6) is 11.5 Å². The molecular formula is C20H22FN3O3S. The third kappa shape index (κ3) is 5.02. The minimum atomic E-state index is -0.348. The largest absolute Gasteiger partial charge is 0.497 e. The van der Waals surface area contributed by atoms with Gasteiger partial charge in [0.25, 0.3) is 0 Å². The highest BCUT2D eigenvalue weighted by molar-refractivity contribution is 7.99. The first kappa shape index (κ1) is 20.2. The number of benzene rings is 2. The van der Waals surface area contributed by atoms with Gasteiger partial charge in [-0.25, -0.2) is 4.39 Å². The molecule has 0 aliphatic carbocycles. The standard InChI is InChI=1S/C20H22FN3O3S/c1-3-26-12-13-28-20-23-22-19(24(20)18-7-5-4-6-17(18)21)14-27-16-10-8-15(25-2)9-11-16/h4-11H,3,12-14H2,1-2H3. The van der Waals surface area contributed by atoms with Crippen molar-refractivity contribution in [1.82, 2.24) is 14.8 Å². The minimum absolute atomic E-state index is 0.152. The van der Waals surface area contributed by atoms with Gasteiger partial charge in [-0.3, -0.25) is 4.57 Å². The van der Waals surface area contributed by atoms with Gasteiger partial charge in [0.05, 0.1) is 19.4 Å². The molecule has 0 unspecified atom stereocenters. The van der Waals surface area contributed by atoms with Crippen molar-refractivity contribution in [2.45, 2.75) is 18.7 Å². The first-order chi connectivity index (χ1) is 13.7. The number of halogens is 1.